The Morgan fingerprint density at radius 1 is 1.00 bits per heavy atom. The number of halogens is 2. The zero-order valence-electron chi connectivity index (χ0n) is 13.6. The molecule has 7 heteroatoms. The Hall–Kier alpha value is 0.550. The van der Waals surface area contributed by atoms with Gasteiger partial charge in [0.25, 0.3) is 10.1 Å². The number of unbranched alkanes of at least 4 members (excludes halogenated alkanes) is 6. The second-order valence-electron chi connectivity index (χ2n) is 5.55. The summed E-state index contributed by atoms with van der Waals surface area (Å²) < 4.78 is 32.1. The van der Waals surface area contributed by atoms with Crippen LogP contribution in [-0.2, 0) is 11.5 Å². The zero-order valence-corrected chi connectivity index (χ0v) is 18.7. The standard InChI is InChI=1S/C16H24I2O3S.H3N/c1-2-3-4-5-6-7-10-13-16(17,18)14-11-8-9-12-15(14)22(19,20)21;/h8-9,11-12H,2-7,10,13H2,1H3,(H,19,20,21);1H3. The van der Waals surface area contributed by atoms with E-state index in [-0.39, 0.29) is 12.5 Å². The SMILES string of the molecule is CCCCCCCCCC(I)(I)c1ccccc1S(=O)(=O)O.N. The lowest BCUT2D eigenvalue weighted by Gasteiger charge is -2.23. The van der Waals surface area contributed by atoms with Crippen LogP contribution < -0.4 is 6.15 Å². The summed E-state index contributed by atoms with van der Waals surface area (Å²) in [6.45, 7) is 2.22. The van der Waals surface area contributed by atoms with Gasteiger partial charge in [0.2, 0.25) is 0 Å². The molecule has 0 saturated heterocycles. The summed E-state index contributed by atoms with van der Waals surface area (Å²) in [5.74, 6) is 0. The second-order valence-corrected chi connectivity index (χ2v) is 12.7. The van der Waals surface area contributed by atoms with Crippen molar-refractivity contribution < 1.29 is 13.0 Å². The monoisotopic (exact) mass is 567 g/mol. The lowest BCUT2D eigenvalue weighted by Crippen LogP contribution is -2.14. The number of hydrogen-bond donors (Lipinski definition) is 2. The summed E-state index contributed by atoms with van der Waals surface area (Å²) in [6.07, 6.45) is 9.54. The fourth-order valence-corrected chi connectivity index (χ4v) is 5.27. The minimum Gasteiger partial charge on any atom is -0.344 e. The van der Waals surface area contributed by atoms with Gasteiger partial charge >= 0.3 is 0 Å². The van der Waals surface area contributed by atoms with E-state index in [1.54, 1.807) is 12.1 Å². The molecule has 0 spiro atoms. The molecule has 1 aromatic rings. The van der Waals surface area contributed by atoms with E-state index in [1.165, 1.54) is 44.6 Å². The van der Waals surface area contributed by atoms with Crippen LogP contribution in [0.5, 0.6) is 0 Å². The fraction of sp³-hybridized carbons (Fsp3) is 0.625. The second kappa shape index (κ2) is 11.2. The van der Waals surface area contributed by atoms with Crippen LogP contribution in [0.1, 0.15) is 63.9 Å². The van der Waals surface area contributed by atoms with E-state index in [0.29, 0.717) is 5.56 Å². The third-order valence-electron chi connectivity index (χ3n) is 3.65. The molecule has 0 aliphatic heterocycles. The van der Waals surface area contributed by atoms with Crippen molar-refractivity contribution in [1.82, 2.24) is 6.15 Å². The van der Waals surface area contributed by atoms with Crippen molar-refractivity contribution in [2.75, 3.05) is 0 Å². The van der Waals surface area contributed by atoms with Crippen molar-refractivity contribution in [3.63, 3.8) is 0 Å². The summed E-state index contributed by atoms with van der Waals surface area (Å²) in [4.78, 5) is 0.0294. The highest BCUT2D eigenvalue weighted by atomic mass is 127. The Bertz CT molecular complexity index is 562. The van der Waals surface area contributed by atoms with E-state index < -0.39 is 10.1 Å². The van der Waals surface area contributed by atoms with Crippen LogP contribution in [0.25, 0.3) is 0 Å². The number of hydrogen-bond acceptors (Lipinski definition) is 3. The van der Waals surface area contributed by atoms with Crippen molar-refractivity contribution in [3.8, 4) is 0 Å². The molecular weight excluding hydrogens is 540 g/mol. The number of alkyl halides is 2. The van der Waals surface area contributed by atoms with Crippen molar-refractivity contribution in [1.29, 1.82) is 0 Å². The van der Waals surface area contributed by atoms with Gasteiger partial charge in [-0.1, -0.05) is 115 Å². The first-order chi connectivity index (χ1) is 10.3. The molecule has 0 amide bonds. The lowest BCUT2D eigenvalue weighted by molar-refractivity contribution is 0.481. The van der Waals surface area contributed by atoms with Crippen LogP contribution in [0.15, 0.2) is 29.2 Å². The Morgan fingerprint density at radius 2 is 1.52 bits per heavy atom. The van der Waals surface area contributed by atoms with Crippen molar-refractivity contribution in [2.45, 2.75) is 64.6 Å². The molecule has 0 unspecified atom stereocenters. The smallest absolute Gasteiger partial charge is 0.294 e. The third kappa shape index (κ3) is 8.46. The summed E-state index contributed by atoms with van der Waals surface area (Å²) in [5, 5.41) is 0. The molecule has 0 bridgehead atoms. The quantitative estimate of drug-likeness (QED) is 0.151. The molecule has 0 aliphatic carbocycles. The van der Waals surface area contributed by atoms with Gasteiger partial charge < -0.3 is 6.15 Å². The van der Waals surface area contributed by atoms with Gasteiger partial charge in [-0.2, -0.15) is 8.42 Å². The van der Waals surface area contributed by atoms with E-state index in [1.807, 2.05) is 6.07 Å². The molecule has 134 valence electrons. The first-order valence-electron chi connectivity index (χ1n) is 7.74. The maximum absolute atomic E-state index is 11.5. The normalized spacial score (nSPS) is 12.0. The van der Waals surface area contributed by atoms with E-state index in [9.17, 15) is 13.0 Å². The molecule has 1 rings (SSSR count). The van der Waals surface area contributed by atoms with Crippen molar-refractivity contribution in [3.05, 3.63) is 29.8 Å². The molecule has 4 N–H and O–H groups in total. The van der Waals surface area contributed by atoms with Gasteiger partial charge in [-0.25, -0.2) is 0 Å². The first kappa shape index (κ1) is 23.5. The summed E-state index contributed by atoms with van der Waals surface area (Å²) in [6, 6.07) is 6.73. The van der Waals surface area contributed by atoms with Crippen LogP contribution in [-0.4, -0.2) is 13.0 Å². The van der Waals surface area contributed by atoms with Gasteiger partial charge in [-0.15, -0.1) is 0 Å². The molecule has 0 aromatic heterocycles. The Labute approximate surface area is 167 Å². The molecule has 0 saturated carbocycles. The Balaban J connectivity index is 0.00000484. The average molecular weight is 567 g/mol. The van der Waals surface area contributed by atoms with Gasteiger partial charge in [0, 0.05) is 0 Å². The van der Waals surface area contributed by atoms with Gasteiger partial charge in [-0.05, 0) is 18.1 Å². The van der Waals surface area contributed by atoms with E-state index in [0.717, 1.165) is 12.8 Å². The molecule has 0 heterocycles. The third-order valence-corrected chi connectivity index (χ3v) is 6.81. The molecule has 0 radical (unpaired) electrons. The van der Waals surface area contributed by atoms with E-state index in [2.05, 4.69) is 52.1 Å². The predicted octanol–water partition coefficient (Wildman–Crippen LogP) is 6.26. The first-order valence-corrected chi connectivity index (χ1v) is 11.3. The Kier molecular flexibility index (Phi) is 11.5. The highest BCUT2D eigenvalue weighted by Gasteiger charge is 2.30. The molecule has 0 fully saturated rings. The van der Waals surface area contributed by atoms with Crippen LogP contribution in [0.2, 0.25) is 0 Å². The summed E-state index contributed by atoms with van der Waals surface area (Å²) >= 11 is 4.59. The van der Waals surface area contributed by atoms with Crippen molar-refractivity contribution in [2.24, 2.45) is 0 Å². The molecule has 4 nitrogen and oxygen atoms in total. The Morgan fingerprint density at radius 3 is 2.09 bits per heavy atom. The maximum Gasteiger partial charge on any atom is 0.294 e. The van der Waals surface area contributed by atoms with E-state index in [4.69, 9.17) is 0 Å². The maximum atomic E-state index is 11.5. The van der Waals surface area contributed by atoms with Gasteiger partial charge in [-0.3, -0.25) is 4.55 Å². The highest BCUT2D eigenvalue weighted by Crippen LogP contribution is 2.46. The predicted molar refractivity (Wildman–Crippen MR) is 114 cm³/mol. The van der Waals surface area contributed by atoms with Crippen LogP contribution in [0.3, 0.4) is 0 Å². The molecular formula is C16H27I2NO3S. The van der Waals surface area contributed by atoms with Crippen LogP contribution >= 0.6 is 45.2 Å². The summed E-state index contributed by atoms with van der Waals surface area (Å²) in [5.41, 5.74) is 0.685. The van der Waals surface area contributed by atoms with Gasteiger partial charge in [0.05, 0.1) is 6.32 Å². The van der Waals surface area contributed by atoms with E-state index >= 15 is 0 Å². The minimum absolute atomic E-state index is 0. The number of benzene rings is 1. The van der Waals surface area contributed by atoms with Crippen molar-refractivity contribution >= 4 is 55.3 Å². The number of rotatable bonds is 10. The molecule has 1 aromatic carbocycles. The highest BCUT2D eigenvalue weighted by molar-refractivity contribution is 14.2. The minimum atomic E-state index is -4.17. The molecule has 23 heavy (non-hydrogen) atoms. The molecule has 0 aliphatic rings. The average Bonchev–Trinajstić information content (AvgIpc) is 2.45. The van der Waals surface area contributed by atoms with Crippen LogP contribution in [0.4, 0.5) is 0 Å². The van der Waals surface area contributed by atoms with Gasteiger partial charge in [0.15, 0.2) is 0 Å². The topological polar surface area (TPSA) is 89.4 Å². The van der Waals surface area contributed by atoms with Crippen LogP contribution in [0, 0.1) is 0 Å². The molecule has 0 atom stereocenters. The lowest BCUT2D eigenvalue weighted by atomic mass is 10.0. The summed E-state index contributed by atoms with van der Waals surface area (Å²) in [7, 11) is -4.17. The zero-order chi connectivity index (χ0) is 16.6. The van der Waals surface area contributed by atoms with Gasteiger partial charge in [0.1, 0.15) is 0 Å². The fourth-order valence-electron chi connectivity index (χ4n) is 2.43. The largest absolute Gasteiger partial charge is 0.344 e.